The smallest absolute Gasteiger partial charge is 0.259 e. The van der Waals surface area contributed by atoms with Crippen LogP contribution in [0.5, 0.6) is 0 Å². The van der Waals surface area contributed by atoms with Gasteiger partial charge in [0.25, 0.3) is 5.91 Å². The first-order valence-corrected chi connectivity index (χ1v) is 10.0. The van der Waals surface area contributed by atoms with E-state index in [0.717, 1.165) is 26.2 Å². The van der Waals surface area contributed by atoms with Gasteiger partial charge in [0.2, 0.25) is 11.9 Å². The van der Waals surface area contributed by atoms with Gasteiger partial charge in [0.15, 0.2) is 0 Å². The highest BCUT2D eigenvalue weighted by Gasteiger charge is 2.27. The second-order valence-corrected chi connectivity index (χ2v) is 9.23. The third-order valence-corrected chi connectivity index (χ3v) is 4.95. The lowest BCUT2D eigenvalue weighted by molar-refractivity contribution is 0.0658. The van der Waals surface area contributed by atoms with E-state index in [2.05, 4.69) is 14.5 Å². The van der Waals surface area contributed by atoms with Crippen molar-refractivity contribution in [3.05, 3.63) is 0 Å². The molecular formula is C10H16Cl2N5O2P. The maximum Gasteiger partial charge on any atom is 0.259 e. The van der Waals surface area contributed by atoms with Crippen LogP contribution in [0.2, 0.25) is 0 Å². The van der Waals surface area contributed by atoms with E-state index in [9.17, 15) is 0 Å². The summed E-state index contributed by atoms with van der Waals surface area (Å²) in [6.07, 6.45) is 0. The predicted molar refractivity (Wildman–Crippen MR) is 80.7 cm³/mol. The van der Waals surface area contributed by atoms with Crippen LogP contribution in [0.1, 0.15) is 0 Å². The Hall–Kier alpha value is -0.330. The lowest BCUT2D eigenvalue weighted by Crippen LogP contribution is -2.44. The molecule has 112 valence electrons. The van der Waals surface area contributed by atoms with E-state index in [1.807, 2.05) is 9.80 Å². The summed E-state index contributed by atoms with van der Waals surface area (Å²) < 4.78 is 19.3. The van der Waals surface area contributed by atoms with Crippen LogP contribution in [-0.4, -0.2) is 74.3 Å². The maximum absolute atomic E-state index is 6.23. The van der Waals surface area contributed by atoms with E-state index >= 15 is 0 Å². The fourth-order valence-electron chi connectivity index (χ4n) is 2.17. The van der Waals surface area contributed by atoms with Crippen molar-refractivity contribution in [2.45, 2.75) is 0 Å². The number of halogens is 2. The number of rotatable bonds is 0. The molecule has 0 unspecified atom stereocenters. The molecule has 2 fully saturated rings. The zero-order valence-corrected chi connectivity index (χ0v) is 13.3. The molecular weight excluding hydrogens is 324 g/mol. The molecule has 3 aliphatic rings. The highest BCUT2D eigenvalue weighted by atomic mass is 35.9. The normalized spacial score (nSPS) is 26.7. The molecule has 0 aromatic heterocycles. The van der Waals surface area contributed by atoms with Crippen molar-refractivity contribution in [3.63, 3.8) is 0 Å². The van der Waals surface area contributed by atoms with Crippen molar-refractivity contribution in [3.8, 4) is 0 Å². The Morgan fingerprint density at radius 1 is 0.850 bits per heavy atom. The Bertz CT molecular complexity index is 461. The van der Waals surface area contributed by atoms with Gasteiger partial charge in [0.1, 0.15) is 0 Å². The van der Waals surface area contributed by atoms with Crippen molar-refractivity contribution < 1.29 is 9.47 Å². The number of nitrogens with zero attached hydrogens (tertiary/aromatic N) is 5. The quantitative estimate of drug-likeness (QED) is 0.631. The molecule has 0 saturated carbocycles. The molecule has 0 bridgehead atoms. The molecule has 0 atom stereocenters. The number of hydrogen-bond acceptors (Lipinski definition) is 7. The van der Waals surface area contributed by atoms with Crippen molar-refractivity contribution >= 4 is 40.3 Å². The number of aliphatic imine (C=N–C) groups is 1. The SMILES string of the molecule is ClP1(Cl)=NC(N2CCOCC2)=NC(N2CCOCC2)=N1. The van der Waals surface area contributed by atoms with Gasteiger partial charge in [-0.25, -0.2) is 0 Å². The molecule has 0 aromatic rings. The molecule has 20 heavy (non-hydrogen) atoms. The summed E-state index contributed by atoms with van der Waals surface area (Å²) in [7, 11) is 0. The summed E-state index contributed by atoms with van der Waals surface area (Å²) in [5.74, 6) is -1.58. The molecule has 3 heterocycles. The van der Waals surface area contributed by atoms with Gasteiger partial charge in [-0.2, -0.15) is 14.5 Å². The van der Waals surface area contributed by atoms with E-state index in [0.29, 0.717) is 38.3 Å². The Kier molecular flexibility index (Phi) is 4.52. The zero-order chi connectivity index (χ0) is 14.0. The van der Waals surface area contributed by atoms with E-state index in [1.54, 1.807) is 0 Å². The van der Waals surface area contributed by atoms with Gasteiger partial charge < -0.3 is 19.3 Å². The number of guanidine groups is 2. The monoisotopic (exact) mass is 339 g/mol. The molecule has 0 radical (unpaired) electrons. The van der Waals surface area contributed by atoms with Crippen LogP contribution >= 0.6 is 28.4 Å². The van der Waals surface area contributed by atoms with Gasteiger partial charge in [-0.1, -0.05) is 0 Å². The average Bonchev–Trinajstić information content (AvgIpc) is 2.47. The molecule has 0 amide bonds. The Labute approximate surface area is 127 Å². The Morgan fingerprint density at radius 2 is 1.35 bits per heavy atom. The molecule has 3 aliphatic heterocycles. The highest BCUT2D eigenvalue weighted by molar-refractivity contribution is 8.09. The van der Waals surface area contributed by atoms with Crippen molar-refractivity contribution in [2.75, 3.05) is 52.6 Å². The minimum atomic E-state index is -2.72. The van der Waals surface area contributed by atoms with Gasteiger partial charge in [0, 0.05) is 26.2 Å². The minimum Gasteiger partial charge on any atom is -0.378 e. The topological polar surface area (TPSA) is 62.0 Å². The molecule has 0 aliphatic carbocycles. The largest absolute Gasteiger partial charge is 0.378 e. The minimum absolute atomic E-state index is 0.572. The van der Waals surface area contributed by atoms with Crippen LogP contribution in [0, 0.1) is 0 Å². The third kappa shape index (κ3) is 3.46. The van der Waals surface area contributed by atoms with Gasteiger partial charge in [0.05, 0.1) is 26.4 Å². The fourth-order valence-corrected chi connectivity index (χ4v) is 3.80. The lowest BCUT2D eigenvalue weighted by atomic mass is 10.4. The van der Waals surface area contributed by atoms with Crippen molar-refractivity contribution in [2.24, 2.45) is 14.5 Å². The molecule has 0 aromatic carbocycles. The highest BCUT2D eigenvalue weighted by Crippen LogP contribution is 2.63. The van der Waals surface area contributed by atoms with Crippen molar-refractivity contribution in [1.82, 2.24) is 9.80 Å². The first-order chi connectivity index (χ1) is 9.64. The zero-order valence-electron chi connectivity index (χ0n) is 10.9. The van der Waals surface area contributed by atoms with Crippen LogP contribution in [0.4, 0.5) is 0 Å². The average molecular weight is 340 g/mol. The summed E-state index contributed by atoms with van der Waals surface area (Å²) in [6, 6.07) is 0. The van der Waals surface area contributed by atoms with E-state index in [-0.39, 0.29) is 0 Å². The van der Waals surface area contributed by atoms with E-state index in [4.69, 9.17) is 32.0 Å². The predicted octanol–water partition coefficient (Wildman–Crippen LogP) is 1.80. The first-order valence-electron chi connectivity index (χ1n) is 6.50. The number of ether oxygens (including phenoxy) is 2. The van der Waals surface area contributed by atoms with Gasteiger partial charge in [-0.3, -0.25) is 0 Å². The van der Waals surface area contributed by atoms with Crippen LogP contribution in [0.25, 0.3) is 0 Å². The summed E-state index contributed by atoms with van der Waals surface area (Å²) >= 11 is 12.5. The summed E-state index contributed by atoms with van der Waals surface area (Å²) in [5.41, 5.74) is 0. The third-order valence-electron chi connectivity index (χ3n) is 3.21. The second kappa shape index (κ2) is 6.20. The van der Waals surface area contributed by atoms with E-state index in [1.165, 1.54) is 0 Å². The molecule has 0 spiro atoms. The Morgan fingerprint density at radius 3 is 1.90 bits per heavy atom. The van der Waals surface area contributed by atoms with Crippen LogP contribution < -0.4 is 0 Å². The maximum atomic E-state index is 6.23. The molecule has 10 heteroatoms. The van der Waals surface area contributed by atoms with E-state index < -0.39 is 5.91 Å². The van der Waals surface area contributed by atoms with Crippen LogP contribution in [-0.2, 0) is 9.47 Å². The number of morpholine rings is 2. The van der Waals surface area contributed by atoms with Crippen LogP contribution in [0.15, 0.2) is 14.5 Å². The molecule has 2 saturated heterocycles. The summed E-state index contributed by atoms with van der Waals surface area (Å²) in [4.78, 5) is 8.60. The first kappa shape index (κ1) is 14.6. The van der Waals surface area contributed by atoms with Gasteiger partial charge >= 0.3 is 0 Å². The number of hydrogen-bond donors (Lipinski definition) is 0. The van der Waals surface area contributed by atoms with Crippen LogP contribution in [0.3, 0.4) is 0 Å². The Balaban J connectivity index is 1.84. The lowest BCUT2D eigenvalue weighted by Gasteiger charge is -2.32. The molecule has 0 N–H and O–H groups in total. The standard InChI is InChI=1S/C10H16Cl2N5O2P/c11-20(12)14-9(16-1-5-18-6-2-16)13-10(15-20)17-3-7-19-8-4-17/h1-8H2. The summed E-state index contributed by atoms with van der Waals surface area (Å²) in [6.45, 7) is 5.62. The van der Waals surface area contributed by atoms with Gasteiger partial charge in [-0.05, 0) is 22.5 Å². The second-order valence-electron chi connectivity index (χ2n) is 4.57. The molecule has 3 rings (SSSR count). The molecule has 7 nitrogen and oxygen atoms in total. The van der Waals surface area contributed by atoms with Gasteiger partial charge in [-0.15, -0.1) is 0 Å². The summed E-state index contributed by atoms with van der Waals surface area (Å²) in [5, 5.41) is 0. The van der Waals surface area contributed by atoms with Crippen molar-refractivity contribution in [1.29, 1.82) is 0 Å². The fraction of sp³-hybridized carbons (Fsp3) is 0.800.